The minimum atomic E-state index is -0.747. The molecule has 0 aliphatic heterocycles. The first kappa shape index (κ1) is 14.8. The second kappa shape index (κ2) is 6.25. The molecule has 1 aromatic heterocycles. The van der Waals surface area contributed by atoms with E-state index in [1.807, 2.05) is 31.2 Å². The Bertz CT molecular complexity index is 570. The van der Waals surface area contributed by atoms with Crippen LogP contribution in [0.1, 0.15) is 28.7 Å². The van der Waals surface area contributed by atoms with Crippen molar-refractivity contribution in [3.05, 3.63) is 55.7 Å². The molecule has 0 bridgehead atoms. The van der Waals surface area contributed by atoms with Crippen molar-refractivity contribution in [3.8, 4) is 0 Å². The number of thiophene rings is 1. The third-order valence-corrected chi connectivity index (χ3v) is 4.63. The maximum atomic E-state index is 10.5. The lowest BCUT2D eigenvalue weighted by molar-refractivity contribution is 0.148. The van der Waals surface area contributed by atoms with Crippen molar-refractivity contribution in [3.63, 3.8) is 0 Å². The second-order valence-electron chi connectivity index (χ2n) is 4.48. The minimum Gasteiger partial charge on any atom is -0.388 e. The Morgan fingerprint density at radius 1 is 1.32 bits per heavy atom. The van der Waals surface area contributed by atoms with Crippen LogP contribution in [0.3, 0.4) is 0 Å². The number of hydrogen-bond donors (Lipinski definition) is 2. The first-order valence-electron chi connectivity index (χ1n) is 5.92. The van der Waals surface area contributed by atoms with Gasteiger partial charge in [-0.3, -0.25) is 0 Å². The van der Waals surface area contributed by atoms with E-state index in [0.717, 1.165) is 11.1 Å². The normalized spacial score (nSPS) is 14.4. The highest BCUT2D eigenvalue weighted by molar-refractivity contribution is 7.20. The van der Waals surface area contributed by atoms with E-state index >= 15 is 0 Å². The van der Waals surface area contributed by atoms with Gasteiger partial charge < -0.3 is 10.8 Å². The molecule has 0 saturated heterocycles. The topological polar surface area (TPSA) is 46.2 Å². The van der Waals surface area contributed by atoms with E-state index in [4.69, 9.17) is 28.9 Å². The zero-order valence-corrected chi connectivity index (χ0v) is 12.8. The molecule has 5 heteroatoms. The van der Waals surface area contributed by atoms with Crippen molar-refractivity contribution in [2.45, 2.75) is 18.9 Å². The molecule has 19 heavy (non-hydrogen) atoms. The molecule has 0 aliphatic rings. The summed E-state index contributed by atoms with van der Waals surface area (Å²) in [5, 5.41) is 10.5. The Balaban J connectivity index is 2.34. The van der Waals surface area contributed by atoms with Crippen LogP contribution in [-0.4, -0.2) is 11.7 Å². The van der Waals surface area contributed by atoms with Gasteiger partial charge in [-0.1, -0.05) is 53.0 Å². The summed E-state index contributed by atoms with van der Waals surface area (Å²) in [6.07, 6.45) is -0.747. The molecular weight excluding hydrogens is 301 g/mol. The number of nitrogens with two attached hydrogens (primary N) is 1. The lowest BCUT2D eigenvalue weighted by Gasteiger charge is -2.22. The predicted octanol–water partition coefficient (Wildman–Crippen LogP) is 4.14. The highest BCUT2D eigenvalue weighted by atomic mass is 35.5. The van der Waals surface area contributed by atoms with Gasteiger partial charge in [-0.25, -0.2) is 0 Å². The molecule has 0 amide bonds. The van der Waals surface area contributed by atoms with E-state index < -0.39 is 6.10 Å². The second-order valence-corrected chi connectivity index (χ2v) is 6.77. The van der Waals surface area contributed by atoms with Crippen LogP contribution >= 0.6 is 34.5 Å². The zero-order chi connectivity index (χ0) is 14.0. The zero-order valence-electron chi connectivity index (χ0n) is 10.4. The van der Waals surface area contributed by atoms with Crippen LogP contribution in [0.4, 0.5) is 0 Å². The fourth-order valence-electron chi connectivity index (χ4n) is 2.12. The molecule has 0 fully saturated rings. The van der Waals surface area contributed by atoms with E-state index in [0.29, 0.717) is 20.8 Å². The fraction of sp³-hybridized carbons (Fsp3) is 0.286. The SMILES string of the molecule is Cc1cccc(C(CN)C(O)c2cc(Cl)sc2Cl)c1. The van der Waals surface area contributed by atoms with Gasteiger partial charge in [0, 0.05) is 18.0 Å². The molecule has 0 spiro atoms. The van der Waals surface area contributed by atoms with Crippen LogP contribution in [0.25, 0.3) is 0 Å². The van der Waals surface area contributed by atoms with Crippen LogP contribution < -0.4 is 5.73 Å². The summed E-state index contributed by atoms with van der Waals surface area (Å²) in [7, 11) is 0. The van der Waals surface area contributed by atoms with Gasteiger partial charge in [0.15, 0.2) is 0 Å². The van der Waals surface area contributed by atoms with Crippen molar-refractivity contribution in [2.75, 3.05) is 6.54 Å². The number of aliphatic hydroxyl groups is 1. The first-order valence-corrected chi connectivity index (χ1v) is 7.49. The lowest BCUT2D eigenvalue weighted by atomic mass is 9.89. The Hall–Kier alpha value is -0.580. The maximum Gasteiger partial charge on any atom is 0.100 e. The average molecular weight is 316 g/mol. The average Bonchev–Trinajstić information content (AvgIpc) is 2.69. The molecule has 2 rings (SSSR count). The molecule has 0 aliphatic carbocycles. The van der Waals surface area contributed by atoms with Gasteiger partial charge in [-0.15, -0.1) is 11.3 Å². The van der Waals surface area contributed by atoms with Crippen LogP contribution in [0.5, 0.6) is 0 Å². The highest BCUT2D eigenvalue weighted by Crippen LogP contribution is 2.40. The summed E-state index contributed by atoms with van der Waals surface area (Å²) in [4.78, 5) is 0. The van der Waals surface area contributed by atoms with E-state index in [-0.39, 0.29) is 5.92 Å². The Kier molecular flexibility index (Phi) is 4.87. The number of benzene rings is 1. The largest absolute Gasteiger partial charge is 0.388 e. The standard InChI is InChI=1S/C14H15Cl2NOS/c1-8-3-2-4-9(5-8)11(7-17)13(18)10-6-12(15)19-14(10)16/h2-6,11,13,18H,7,17H2,1H3. The van der Waals surface area contributed by atoms with E-state index in [2.05, 4.69) is 0 Å². The summed E-state index contributed by atoms with van der Waals surface area (Å²) in [6.45, 7) is 2.35. The Morgan fingerprint density at radius 2 is 2.05 bits per heavy atom. The molecule has 0 radical (unpaired) electrons. The van der Waals surface area contributed by atoms with Gasteiger partial charge in [-0.2, -0.15) is 0 Å². The molecule has 1 aromatic carbocycles. The summed E-state index contributed by atoms with van der Waals surface area (Å²) < 4.78 is 1.09. The maximum absolute atomic E-state index is 10.5. The number of aliphatic hydroxyl groups excluding tert-OH is 1. The van der Waals surface area contributed by atoms with Gasteiger partial charge >= 0.3 is 0 Å². The number of rotatable bonds is 4. The van der Waals surface area contributed by atoms with Crippen molar-refractivity contribution in [1.29, 1.82) is 0 Å². The highest BCUT2D eigenvalue weighted by Gasteiger charge is 2.25. The van der Waals surface area contributed by atoms with Crippen molar-refractivity contribution in [1.82, 2.24) is 0 Å². The molecule has 3 N–H and O–H groups in total. The van der Waals surface area contributed by atoms with Gasteiger partial charge in [0.1, 0.15) is 4.34 Å². The molecular formula is C14H15Cl2NOS. The summed E-state index contributed by atoms with van der Waals surface area (Å²) in [5.74, 6) is -0.192. The third-order valence-electron chi connectivity index (χ3n) is 3.11. The molecule has 2 nitrogen and oxygen atoms in total. The first-order chi connectivity index (χ1) is 9.02. The van der Waals surface area contributed by atoms with Crippen molar-refractivity contribution in [2.24, 2.45) is 5.73 Å². The molecule has 102 valence electrons. The number of aryl methyl sites for hydroxylation is 1. The Labute approximate surface area is 126 Å². The fourth-order valence-corrected chi connectivity index (χ4v) is 3.66. The van der Waals surface area contributed by atoms with Gasteiger partial charge in [0.25, 0.3) is 0 Å². The van der Waals surface area contributed by atoms with Gasteiger partial charge in [0.05, 0.1) is 10.4 Å². The lowest BCUT2D eigenvalue weighted by Crippen LogP contribution is -2.20. The molecule has 0 saturated carbocycles. The molecule has 2 unspecified atom stereocenters. The molecule has 2 atom stereocenters. The van der Waals surface area contributed by atoms with E-state index in [9.17, 15) is 5.11 Å². The van der Waals surface area contributed by atoms with E-state index in [1.54, 1.807) is 6.07 Å². The quantitative estimate of drug-likeness (QED) is 0.890. The van der Waals surface area contributed by atoms with Crippen LogP contribution in [0.2, 0.25) is 8.67 Å². The van der Waals surface area contributed by atoms with Crippen molar-refractivity contribution >= 4 is 34.5 Å². The summed E-state index contributed by atoms with van der Waals surface area (Å²) in [5.41, 5.74) is 8.61. The third kappa shape index (κ3) is 3.30. The molecule has 1 heterocycles. The smallest absolute Gasteiger partial charge is 0.100 e. The van der Waals surface area contributed by atoms with Gasteiger partial charge in [0.2, 0.25) is 0 Å². The predicted molar refractivity (Wildman–Crippen MR) is 82.3 cm³/mol. The number of hydrogen-bond acceptors (Lipinski definition) is 3. The summed E-state index contributed by atoms with van der Waals surface area (Å²) >= 11 is 13.3. The van der Waals surface area contributed by atoms with Crippen LogP contribution in [0.15, 0.2) is 30.3 Å². The van der Waals surface area contributed by atoms with Gasteiger partial charge in [-0.05, 0) is 18.6 Å². The molecule has 2 aromatic rings. The minimum absolute atomic E-state index is 0.192. The Morgan fingerprint density at radius 3 is 2.58 bits per heavy atom. The van der Waals surface area contributed by atoms with Crippen LogP contribution in [0, 0.1) is 6.92 Å². The van der Waals surface area contributed by atoms with Crippen molar-refractivity contribution < 1.29 is 5.11 Å². The summed E-state index contributed by atoms with van der Waals surface area (Å²) in [6, 6.07) is 9.68. The van der Waals surface area contributed by atoms with Crippen LogP contribution in [-0.2, 0) is 0 Å². The van der Waals surface area contributed by atoms with E-state index in [1.165, 1.54) is 11.3 Å². The monoisotopic (exact) mass is 315 g/mol. The number of halogens is 2.